The maximum atomic E-state index is 12.1. The lowest BCUT2D eigenvalue weighted by atomic mass is 9.98. The molecule has 0 unspecified atom stereocenters. The third-order valence-electron chi connectivity index (χ3n) is 4.84. The number of aryl methyl sites for hydroxylation is 1. The van der Waals surface area contributed by atoms with E-state index in [1.165, 1.54) is 7.05 Å². The smallest absolute Gasteiger partial charge is 0.407 e. The van der Waals surface area contributed by atoms with Gasteiger partial charge in [0.05, 0.1) is 6.54 Å². The molecule has 2 aromatic carbocycles. The van der Waals surface area contributed by atoms with E-state index in [1.54, 1.807) is 0 Å². The molecule has 0 spiro atoms. The molecule has 0 aliphatic heterocycles. The van der Waals surface area contributed by atoms with Crippen molar-refractivity contribution in [2.45, 2.75) is 12.5 Å². The molecule has 28 heavy (non-hydrogen) atoms. The number of carbonyl (C=O) groups is 2. The Labute approximate surface area is 160 Å². The Bertz CT molecular complexity index is 1010. The van der Waals surface area contributed by atoms with Crippen molar-refractivity contribution in [1.82, 2.24) is 20.3 Å². The lowest BCUT2D eigenvalue weighted by Gasteiger charge is -2.14. The second-order valence-corrected chi connectivity index (χ2v) is 6.49. The Kier molecular flexibility index (Phi) is 4.52. The molecule has 8 heteroatoms. The van der Waals surface area contributed by atoms with Crippen molar-refractivity contribution in [2.24, 2.45) is 7.05 Å². The monoisotopic (exact) mass is 378 g/mol. The second-order valence-electron chi connectivity index (χ2n) is 6.49. The van der Waals surface area contributed by atoms with Crippen LogP contribution in [0.2, 0.25) is 0 Å². The van der Waals surface area contributed by atoms with Gasteiger partial charge in [-0.1, -0.05) is 53.7 Å². The van der Waals surface area contributed by atoms with Crippen LogP contribution in [0.15, 0.2) is 48.5 Å². The fourth-order valence-corrected chi connectivity index (χ4v) is 3.59. The fourth-order valence-electron chi connectivity index (χ4n) is 3.59. The summed E-state index contributed by atoms with van der Waals surface area (Å²) in [5.41, 5.74) is 4.65. The lowest BCUT2D eigenvalue weighted by molar-refractivity contribution is 0.0683. The summed E-state index contributed by atoms with van der Waals surface area (Å²) < 4.78 is 6.57. The fraction of sp³-hybridized carbons (Fsp3) is 0.200. The quantitative estimate of drug-likeness (QED) is 0.707. The van der Waals surface area contributed by atoms with Crippen LogP contribution in [0.25, 0.3) is 11.1 Å². The van der Waals surface area contributed by atoms with Crippen molar-refractivity contribution in [3.05, 3.63) is 71.0 Å². The number of hydrogen-bond acceptors (Lipinski definition) is 5. The van der Waals surface area contributed by atoms with E-state index < -0.39 is 12.1 Å². The number of carboxylic acid groups (broad SMARTS) is 1. The van der Waals surface area contributed by atoms with Gasteiger partial charge in [-0.25, -0.2) is 14.3 Å². The number of carboxylic acids is 1. The van der Waals surface area contributed by atoms with Crippen molar-refractivity contribution in [3.63, 3.8) is 0 Å². The first-order valence-electron chi connectivity index (χ1n) is 8.77. The lowest BCUT2D eigenvalue weighted by Crippen LogP contribution is -2.26. The summed E-state index contributed by atoms with van der Waals surface area (Å²) in [6, 6.07) is 16.1. The maximum absolute atomic E-state index is 12.1. The van der Waals surface area contributed by atoms with E-state index in [0.717, 1.165) is 26.9 Å². The highest BCUT2D eigenvalue weighted by molar-refractivity contribution is 5.86. The number of nitrogens with zero attached hydrogens (tertiary/aromatic N) is 3. The Balaban J connectivity index is 1.43. The molecular formula is C20H18N4O4. The van der Waals surface area contributed by atoms with Gasteiger partial charge in [-0.3, -0.25) is 0 Å². The number of carbonyl (C=O) groups excluding carboxylic acids is 1. The summed E-state index contributed by atoms with van der Waals surface area (Å²) in [5, 5.41) is 19.2. The minimum atomic E-state index is -1.16. The van der Waals surface area contributed by atoms with Crippen LogP contribution in [0.3, 0.4) is 0 Å². The highest BCUT2D eigenvalue weighted by Gasteiger charge is 2.29. The number of hydrogen-bond donors (Lipinski definition) is 2. The third-order valence-corrected chi connectivity index (χ3v) is 4.84. The molecule has 4 rings (SSSR count). The van der Waals surface area contributed by atoms with Crippen LogP contribution in [-0.2, 0) is 18.3 Å². The predicted molar refractivity (Wildman–Crippen MR) is 99.9 cm³/mol. The third kappa shape index (κ3) is 3.09. The van der Waals surface area contributed by atoms with Gasteiger partial charge in [0.2, 0.25) is 0 Å². The molecule has 0 atom stereocenters. The molecule has 1 heterocycles. The van der Waals surface area contributed by atoms with Gasteiger partial charge < -0.3 is 15.2 Å². The zero-order chi connectivity index (χ0) is 19.7. The van der Waals surface area contributed by atoms with E-state index in [9.17, 15) is 14.7 Å². The molecule has 2 N–H and O–H groups in total. The van der Waals surface area contributed by atoms with Crippen LogP contribution in [-0.4, -0.2) is 38.8 Å². The topological polar surface area (TPSA) is 106 Å². The van der Waals surface area contributed by atoms with Crippen LogP contribution in [0.4, 0.5) is 4.79 Å². The van der Waals surface area contributed by atoms with Crippen molar-refractivity contribution in [1.29, 1.82) is 0 Å². The zero-order valence-electron chi connectivity index (χ0n) is 15.1. The highest BCUT2D eigenvalue weighted by Crippen LogP contribution is 2.44. The van der Waals surface area contributed by atoms with Crippen molar-refractivity contribution >= 4 is 12.1 Å². The van der Waals surface area contributed by atoms with Crippen molar-refractivity contribution in [2.75, 3.05) is 6.61 Å². The average Bonchev–Trinajstić information content (AvgIpc) is 3.22. The number of nitrogens with one attached hydrogen (secondary N) is 1. The van der Waals surface area contributed by atoms with E-state index in [-0.39, 0.29) is 30.5 Å². The van der Waals surface area contributed by atoms with Gasteiger partial charge in [0.15, 0.2) is 5.69 Å². The number of ether oxygens (including phenoxy) is 1. The van der Waals surface area contributed by atoms with E-state index in [0.29, 0.717) is 0 Å². The molecule has 0 bridgehead atoms. The van der Waals surface area contributed by atoms with Crippen LogP contribution < -0.4 is 5.32 Å². The van der Waals surface area contributed by atoms with Crippen LogP contribution in [0, 0.1) is 0 Å². The van der Waals surface area contributed by atoms with Gasteiger partial charge in [0.1, 0.15) is 12.3 Å². The first-order chi connectivity index (χ1) is 13.6. The molecule has 8 nitrogen and oxygen atoms in total. The number of amides is 1. The molecule has 1 aromatic heterocycles. The highest BCUT2D eigenvalue weighted by atomic mass is 16.5. The molecular weight excluding hydrogens is 360 g/mol. The van der Waals surface area contributed by atoms with Crippen LogP contribution >= 0.6 is 0 Å². The largest absolute Gasteiger partial charge is 0.476 e. The normalized spacial score (nSPS) is 12.3. The first-order valence-corrected chi connectivity index (χ1v) is 8.77. The Morgan fingerprint density at radius 3 is 2.32 bits per heavy atom. The summed E-state index contributed by atoms with van der Waals surface area (Å²) in [6.07, 6.45) is -0.635. The van der Waals surface area contributed by atoms with Gasteiger partial charge in [-0.05, 0) is 22.3 Å². The predicted octanol–water partition coefficient (Wildman–Crippen LogP) is 2.55. The van der Waals surface area contributed by atoms with Gasteiger partial charge in [-0.2, -0.15) is 0 Å². The van der Waals surface area contributed by atoms with Gasteiger partial charge in [-0.15, -0.1) is 5.10 Å². The summed E-state index contributed by atoms with van der Waals surface area (Å²) in [7, 11) is 1.48. The molecule has 0 fully saturated rings. The zero-order valence-corrected chi connectivity index (χ0v) is 15.1. The van der Waals surface area contributed by atoms with E-state index in [1.807, 2.05) is 36.4 Å². The molecule has 0 saturated heterocycles. The van der Waals surface area contributed by atoms with Crippen LogP contribution in [0.5, 0.6) is 0 Å². The van der Waals surface area contributed by atoms with Crippen LogP contribution in [0.1, 0.15) is 33.2 Å². The number of aromatic carboxylic acids is 1. The summed E-state index contributed by atoms with van der Waals surface area (Å²) in [6.45, 7) is 0.109. The molecule has 1 aliphatic carbocycles. The molecule has 142 valence electrons. The van der Waals surface area contributed by atoms with Gasteiger partial charge in [0.25, 0.3) is 0 Å². The minimum Gasteiger partial charge on any atom is -0.476 e. The van der Waals surface area contributed by atoms with Crippen molar-refractivity contribution in [3.8, 4) is 11.1 Å². The first kappa shape index (κ1) is 17.7. The molecule has 0 saturated carbocycles. The van der Waals surface area contributed by atoms with Gasteiger partial charge >= 0.3 is 12.1 Å². The number of benzene rings is 2. The average molecular weight is 378 g/mol. The number of rotatable bonds is 5. The van der Waals surface area contributed by atoms with Gasteiger partial charge in [0, 0.05) is 13.0 Å². The Hall–Kier alpha value is -3.68. The minimum absolute atomic E-state index is 0.0377. The van der Waals surface area contributed by atoms with E-state index in [4.69, 9.17) is 4.74 Å². The Morgan fingerprint density at radius 2 is 1.71 bits per heavy atom. The SMILES string of the molecule is Cn1nnc(CNC(=O)OCC2c3ccccc3-c3ccccc32)c1C(=O)O. The molecule has 1 amide bonds. The molecule has 3 aromatic rings. The molecule has 1 aliphatic rings. The summed E-state index contributed by atoms with van der Waals surface area (Å²) >= 11 is 0. The standard InChI is InChI=1S/C20H18N4O4/c1-24-18(19(25)26)17(22-23-24)10-21-20(27)28-11-16-14-8-4-2-6-12(14)13-7-3-5-9-15(13)16/h2-9,16H,10-11H2,1H3,(H,21,27)(H,25,26). The number of fused-ring (bicyclic) bond motifs is 3. The summed E-state index contributed by atoms with van der Waals surface area (Å²) in [5.74, 6) is -1.19. The number of alkyl carbamates (subject to hydrolysis) is 1. The number of aromatic nitrogens is 3. The molecule has 0 radical (unpaired) electrons. The van der Waals surface area contributed by atoms with E-state index in [2.05, 4.69) is 27.8 Å². The van der Waals surface area contributed by atoms with Crippen molar-refractivity contribution < 1.29 is 19.4 Å². The summed E-state index contributed by atoms with van der Waals surface area (Å²) in [4.78, 5) is 23.4. The second kappa shape index (κ2) is 7.15. The maximum Gasteiger partial charge on any atom is 0.407 e. The Morgan fingerprint density at radius 1 is 1.11 bits per heavy atom. The van der Waals surface area contributed by atoms with E-state index >= 15 is 0 Å².